The van der Waals surface area contributed by atoms with Crippen LogP contribution < -0.4 is 10.8 Å². The first kappa shape index (κ1) is 33.7. The molecule has 10 heteroatoms. The van der Waals surface area contributed by atoms with Crippen LogP contribution in [0.5, 0.6) is 0 Å². The van der Waals surface area contributed by atoms with Gasteiger partial charge in [-0.1, -0.05) is 60.7 Å². The van der Waals surface area contributed by atoms with Gasteiger partial charge in [0.1, 0.15) is 0 Å². The van der Waals surface area contributed by atoms with Crippen LogP contribution >= 0.6 is 0 Å². The van der Waals surface area contributed by atoms with Crippen LogP contribution in [0.3, 0.4) is 0 Å². The van der Waals surface area contributed by atoms with Gasteiger partial charge < -0.3 is 25.0 Å². The first-order chi connectivity index (χ1) is 22.4. The second-order valence-electron chi connectivity index (χ2n) is 12.2. The second kappa shape index (κ2) is 16.8. The van der Waals surface area contributed by atoms with E-state index in [0.717, 1.165) is 59.3 Å². The molecular weight excluding hydrogens is 586 g/mol. The molecule has 0 saturated carbocycles. The molecule has 5 N–H and O–H groups in total. The number of likely N-dealkylation sites (tertiary alicyclic amines) is 1. The molecule has 2 amide bonds. The molecule has 3 aromatic carbocycles. The Balaban J connectivity index is 1.27. The van der Waals surface area contributed by atoms with Crippen molar-refractivity contribution in [2.75, 3.05) is 19.7 Å². The average molecular weight is 632 g/mol. The molecule has 2 aliphatic heterocycles. The molecule has 246 valence electrons. The molecule has 0 bridgehead atoms. The van der Waals surface area contributed by atoms with Crippen molar-refractivity contribution in [1.29, 1.82) is 0 Å². The predicted molar refractivity (Wildman–Crippen MR) is 172 cm³/mol. The zero-order valence-corrected chi connectivity index (χ0v) is 26.1. The Labute approximate surface area is 270 Å². The first-order valence-electron chi connectivity index (χ1n) is 16.2. The minimum absolute atomic E-state index is 0.00850. The number of unbranched alkanes of at least 4 members (excludes halogenated alkanes) is 1. The normalized spacial score (nSPS) is 21.6. The Hall–Kier alpha value is -3.64. The molecule has 46 heavy (non-hydrogen) atoms. The molecule has 10 nitrogen and oxygen atoms in total. The van der Waals surface area contributed by atoms with Gasteiger partial charge >= 0.3 is 0 Å². The molecule has 5 rings (SSSR count). The number of hydrogen-bond donors (Lipinski definition) is 5. The Bertz CT molecular complexity index is 1430. The van der Waals surface area contributed by atoms with Gasteiger partial charge in [-0.25, -0.2) is 5.48 Å². The quantitative estimate of drug-likeness (QED) is 0.0994. The van der Waals surface area contributed by atoms with E-state index < -0.39 is 12.2 Å². The zero-order chi connectivity index (χ0) is 32.3. The van der Waals surface area contributed by atoms with Crippen LogP contribution in [0.4, 0.5) is 0 Å². The van der Waals surface area contributed by atoms with Gasteiger partial charge in [0.2, 0.25) is 11.8 Å². The number of aliphatic hydroxyl groups is 2. The number of carbonyl (C=O) groups is 2. The zero-order valence-electron chi connectivity index (χ0n) is 26.1. The number of nitrogens with one attached hydrogen (secondary N) is 2. The van der Waals surface area contributed by atoms with Gasteiger partial charge in [-0.2, -0.15) is 0 Å². The van der Waals surface area contributed by atoms with E-state index in [4.69, 9.17) is 14.7 Å². The Morgan fingerprint density at radius 2 is 1.59 bits per heavy atom. The summed E-state index contributed by atoms with van der Waals surface area (Å²) in [7, 11) is 0. The predicted octanol–water partition coefficient (Wildman–Crippen LogP) is 4.53. The smallest absolute Gasteiger partial charge is 0.243 e. The van der Waals surface area contributed by atoms with E-state index in [-0.39, 0.29) is 43.8 Å². The van der Waals surface area contributed by atoms with Crippen LogP contribution in [0.1, 0.15) is 79.6 Å². The lowest BCUT2D eigenvalue weighted by atomic mass is 9.98. The summed E-state index contributed by atoms with van der Waals surface area (Å²) in [5.74, 6) is -0.535. The molecule has 0 aromatic heterocycles. The number of aliphatic hydroxyl groups excluding tert-OH is 2. The number of nitrogens with zero attached hydrogens (tertiary/aromatic N) is 1. The van der Waals surface area contributed by atoms with E-state index in [2.05, 4.69) is 22.3 Å². The summed E-state index contributed by atoms with van der Waals surface area (Å²) >= 11 is 0. The van der Waals surface area contributed by atoms with E-state index in [1.165, 1.54) is 0 Å². The van der Waals surface area contributed by atoms with Crippen LogP contribution in [-0.2, 0) is 32.2 Å². The van der Waals surface area contributed by atoms with Crippen molar-refractivity contribution in [2.45, 2.75) is 82.6 Å². The molecule has 0 aliphatic carbocycles. The lowest BCUT2D eigenvalue weighted by Gasteiger charge is -2.38. The van der Waals surface area contributed by atoms with E-state index in [0.29, 0.717) is 32.2 Å². The maximum absolute atomic E-state index is 12.3. The van der Waals surface area contributed by atoms with Crippen LogP contribution in [0.15, 0.2) is 72.8 Å². The van der Waals surface area contributed by atoms with E-state index in [1.807, 2.05) is 60.7 Å². The lowest BCUT2D eigenvalue weighted by molar-refractivity contribution is -0.253. The van der Waals surface area contributed by atoms with Crippen molar-refractivity contribution in [3.63, 3.8) is 0 Å². The summed E-state index contributed by atoms with van der Waals surface area (Å²) in [5, 5.41) is 30.9. The van der Waals surface area contributed by atoms with Crippen molar-refractivity contribution in [1.82, 2.24) is 15.7 Å². The number of hydrogen-bond acceptors (Lipinski definition) is 8. The molecule has 2 saturated heterocycles. The first-order valence-corrected chi connectivity index (χ1v) is 16.2. The summed E-state index contributed by atoms with van der Waals surface area (Å²) < 4.78 is 13.2. The molecule has 0 spiro atoms. The third-order valence-electron chi connectivity index (χ3n) is 8.85. The highest BCUT2D eigenvalue weighted by atomic mass is 16.7. The molecule has 0 unspecified atom stereocenters. The molecule has 2 fully saturated rings. The summed E-state index contributed by atoms with van der Waals surface area (Å²) in [6, 6.07) is 24.2. The Morgan fingerprint density at radius 3 is 2.33 bits per heavy atom. The number of rotatable bonds is 14. The summed E-state index contributed by atoms with van der Waals surface area (Å²) in [6.45, 7) is 2.20. The summed E-state index contributed by atoms with van der Waals surface area (Å²) in [5.41, 5.74) is 7.39. The topological polar surface area (TPSA) is 141 Å². The number of ether oxygens (including phenoxy) is 2. The van der Waals surface area contributed by atoms with Gasteiger partial charge in [-0.3, -0.25) is 19.7 Å². The standard InChI is InChI=1S/C36H45N3O7/c40-23-25-13-15-27(16-14-25)33-20-32(22-39-17-5-10-31(39)24-41)45-36(46-33)30-9-4-8-29(19-30)28-7-3-6-26(18-28)21-37-34(42)11-1-2-12-35(43)38-44/h3-4,6-9,13-16,18-19,31-33,36,40-41,44H,1-2,5,10-12,17,20-24H2,(H,37,42)(H,38,43)/t31-,32-,33+,36+/m0/s1. The summed E-state index contributed by atoms with van der Waals surface area (Å²) in [6.07, 6.45) is 3.48. The van der Waals surface area contributed by atoms with Gasteiger partial charge in [0.25, 0.3) is 0 Å². The number of hydroxylamine groups is 1. The molecule has 3 aromatic rings. The molecule has 4 atom stereocenters. The van der Waals surface area contributed by atoms with Gasteiger partial charge in [0, 0.05) is 44.0 Å². The van der Waals surface area contributed by atoms with Crippen LogP contribution in [-0.4, -0.2) is 64.0 Å². The maximum atomic E-state index is 12.3. The van der Waals surface area contributed by atoms with Crippen LogP contribution in [0.2, 0.25) is 0 Å². The van der Waals surface area contributed by atoms with Gasteiger partial charge in [-0.15, -0.1) is 0 Å². The van der Waals surface area contributed by atoms with Crippen molar-refractivity contribution >= 4 is 11.8 Å². The van der Waals surface area contributed by atoms with Crippen molar-refractivity contribution in [3.8, 4) is 11.1 Å². The highest BCUT2D eigenvalue weighted by Gasteiger charge is 2.35. The van der Waals surface area contributed by atoms with Crippen molar-refractivity contribution in [3.05, 3.63) is 95.1 Å². The fourth-order valence-electron chi connectivity index (χ4n) is 6.28. The third-order valence-corrected chi connectivity index (χ3v) is 8.85. The van der Waals surface area contributed by atoms with Crippen molar-refractivity contribution in [2.24, 2.45) is 0 Å². The average Bonchev–Trinajstić information content (AvgIpc) is 3.56. The maximum Gasteiger partial charge on any atom is 0.243 e. The number of benzene rings is 3. The van der Waals surface area contributed by atoms with E-state index >= 15 is 0 Å². The highest BCUT2D eigenvalue weighted by Crippen LogP contribution is 2.39. The minimum Gasteiger partial charge on any atom is -0.395 e. The fourth-order valence-corrected chi connectivity index (χ4v) is 6.28. The lowest BCUT2D eigenvalue weighted by Crippen LogP contribution is -2.42. The SMILES string of the molecule is O=C(CCCCC(=O)NCc1cccc(-c2cccc([C@@H]3O[C@H](CN4CCC[C@H]4CO)C[C@H](c4ccc(CO)cc4)O3)c2)c1)NO. The minimum atomic E-state index is -0.581. The fraction of sp³-hybridized carbons (Fsp3) is 0.444. The van der Waals surface area contributed by atoms with Gasteiger partial charge in [-0.05, 0) is 72.2 Å². The second-order valence-corrected chi connectivity index (χ2v) is 12.2. The van der Waals surface area contributed by atoms with Crippen LogP contribution in [0, 0.1) is 0 Å². The van der Waals surface area contributed by atoms with Crippen LogP contribution in [0.25, 0.3) is 11.1 Å². The Kier molecular flexibility index (Phi) is 12.3. The summed E-state index contributed by atoms with van der Waals surface area (Å²) in [4.78, 5) is 25.8. The monoisotopic (exact) mass is 631 g/mol. The molecule has 2 aliphatic rings. The van der Waals surface area contributed by atoms with Crippen molar-refractivity contribution < 1.29 is 34.5 Å². The third kappa shape index (κ3) is 9.22. The van der Waals surface area contributed by atoms with Gasteiger partial charge in [0.15, 0.2) is 6.29 Å². The highest BCUT2D eigenvalue weighted by molar-refractivity contribution is 5.76. The number of carbonyl (C=O) groups excluding carboxylic acids is 2. The molecule has 2 heterocycles. The molecule has 0 radical (unpaired) electrons. The largest absolute Gasteiger partial charge is 0.395 e. The van der Waals surface area contributed by atoms with E-state index in [9.17, 15) is 19.8 Å². The molecular formula is C36H45N3O7. The van der Waals surface area contributed by atoms with E-state index in [1.54, 1.807) is 5.48 Å². The number of amides is 2. The Morgan fingerprint density at radius 1 is 0.848 bits per heavy atom. The van der Waals surface area contributed by atoms with Gasteiger partial charge in [0.05, 0.1) is 25.4 Å².